The highest BCUT2D eigenvalue weighted by Gasteiger charge is 2.74. The second-order valence-electron chi connectivity index (χ2n) is 6.55. The summed E-state index contributed by atoms with van der Waals surface area (Å²) >= 11 is 0. The first-order valence-electron chi connectivity index (χ1n) is 7.46. The van der Waals surface area contributed by atoms with Gasteiger partial charge in [0.1, 0.15) is 5.82 Å². The molecule has 3 fully saturated rings. The molecule has 0 radical (unpaired) electrons. The number of fused-ring (bicyclic) bond motifs is 1. The normalized spacial score (nSPS) is 33.8. The minimum absolute atomic E-state index is 0.0786. The predicted octanol–water partition coefficient (Wildman–Crippen LogP) is 2.18. The zero-order valence-corrected chi connectivity index (χ0v) is 11.4. The van der Waals surface area contributed by atoms with Gasteiger partial charge in [-0.25, -0.2) is 4.39 Å². The smallest absolute Gasteiger partial charge is 0.226 e. The number of hydrogen-bond acceptors (Lipinski definition) is 2. The summed E-state index contributed by atoms with van der Waals surface area (Å²) in [4.78, 5) is 14.2. The van der Waals surface area contributed by atoms with E-state index < -0.39 is 0 Å². The van der Waals surface area contributed by atoms with Gasteiger partial charge in [-0.05, 0) is 55.4 Å². The Kier molecular flexibility index (Phi) is 2.56. The number of halogens is 1. The quantitative estimate of drug-likeness (QED) is 0.912. The molecule has 1 aromatic carbocycles. The highest BCUT2D eigenvalue weighted by atomic mass is 19.1. The van der Waals surface area contributed by atoms with E-state index in [0.29, 0.717) is 11.8 Å². The van der Waals surface area contributed by atoms with E-state index in [1.165, 1.54) is 12.1 Å². The summed E-state index contributed by atoms with van der Waals surface area (Å²) in [6, 6.07) is 6.66. The molecule has 1 N–H and O–H groups in total. The Morgan fingerprint density at radius 2 is 2.05 bits per heavy atom. The van der Waals surface area contributed by atoms with E-state index >= 15 is 0 Å². The van der Waals surface area contributed by atoms with Gasteiger partial charge < -0.3 is 10.2 Å². The highest BCUT2D eigenvalue weighted by molar-refractivity contribution is 5.90. The fraction of sp³-hybridized carbons (Fsp3) is 0.562. The van der Waals surface area contributed by atoms with Gasteiger partial charge in [0.15, 0.2) is 0 Å². The third-order valence-electron chi connectivity index (χ3n) is 5.16. The van der Waals surface area contributed by atoms with Gasteiger partial charge in [0.25, 0.3) is 0 Å². The monoisotopic (exact) mass is 274 g/mol. The van der Waals surface area contributed by atoms with E-state index in [-0.39, 0.29) is 17.1 Å². The van der Waals surface area contributed by atoms with Crippen molar-refractivity contribution in [2.24, 2.45) is 17.3 Å². The van der Waals surface area contributed by atoms with Gasteiger partial charge in [-0.1, -0.05) is 0 Å². The van der Waals surface area contributed by atoms with Gasteiger partial charge in [-0.3, -0.25) is 4.79 Å². The largest absolute Gasteiger partial charge is 0.371 e. The number of anilines is 1. The van der Waals surface area contributed by atoms with Crippen LogP contribution in [0.25, 0.3) is 0 Å². The van der Waals surface area contributed by atoms with Crippen LogP contribution in [-0.2, 0) is 4.79 Å². The maximum absolute atomic E-state index is 12.9. The van der Waals surface area contributed by atoms with Crippen molar-refractivity contribution in [3.63, 3.8) is 0 Å². The molecule has 1 aliphatic heterocycles. The van der Waals surface area contributed by atoms with Crippen molar-refractivity contribution in [2.75, 3.05) is 24.5 Å². The molecule has 2 aliphatic carbocycles. The molecule has 1 aromatic rings. The molecule has 4 rings (SSSR count). The average Bonchev–Trinajstić information content (AvgIpc) is 3.25. The summed E-state index contributed by atoms with van der Waals surface area (Å²) in [5.74, 6) is 1.31. The molecular weight excluding hydrogens is 255 g/mol. The number of carbonyl (C=O) groups excluding carboxylic acids is 1. The number of hydrogen-bond donors (Lipinski definition) is 1. The molecule has 1 heterocycles. The van der Waals surface area contributed by atoms with Crippen molar-refractivity contribution in [1.29, 1.82) is 0 Å². The Hall–Kier alpha value is -1.58. The molecule has 1 saturated heterocycles. The van der Waals surface area contributed by atoms with E-state index in [2.05, 4.69) is 10.2 Å². The van der Waals surface area contributed by atoms with Crippen LogP contribution in [0.5, 0.6) is 0 Å². The van der Waals surface area contributed by atoms with Crippen LogP contribution in [0.1, 0.15) is 19.3 Å². The lowest BCUT2D eigenvalue weighted by Gasteiger charge is -2.19. The third kappa shape index (κ3) is 1.98. The van der Waals surface area contributed by atoms with Gasteiger partial charge in [-0.2, -0.15) is 0 Å². The molecular formula is C16H19FN2O. The second-order valence-corrected chi connectivity index (χ2v) is 6.55. The number of amides is 1. The Morgan fingerprint density at radius 3 is 2.70 bits per heavy atom. The lowest BCUT2D eigenvalue weighted by molar-refractivity contribution is -0.124. The molecule has 0 bridgehead atoms. The lowest BCUT2D eigenvalue weighted by Crippen LogP contribution is -2.33. The van der Waals surface area contributed by atoms with Crippen molar-refractivity contribution in [2.45, 2.75) is 19.3 Å². The minimum Gasteiger partial charge on any atom is -0.371 e. The molecule has 1 unspecified atom stereocenters. The van der Waals surface area contributed by atoms with Crippen molar-refractivity contribution in [3.8, 4) is 0 Å². The Labute approximate surface area is 118 Å². The van der Waals surface area contributed by atoms with Crippen molar-refractivity contribution >= 4 is 11.6 Å². The Morgan fingerprint density at radius 1 is 1.35 bits per heavy atom. The molecule has 0 spiro atoms. The maximum Gasteiger partial charge on any atom is 0.226 e. The zero-order chi connectivity index (χ0) is 13.7. The molecule has 4 heteroatoms. The molecule has 20 heavy (non-hydrogen) atoms. The van der Waals surface area contributed by atoms with Crippen molar-refractivity contribution in [3.05, 3.63) is 30.1 Å². The molecule has 1 atom stereocenters. The van der Waals surface area contributed by atoms with Crippen LogP contribution < -0.4 is 10.2 Å². The summed E-state index contributed by atoms with van der Waals surface area (Å²) in [5.41, 5.74) is 1.15. The van der Waals surface area contributed by atoms with Crippen LogP contribution in [0, 0.1) is 23.1 Å². The molecule has 0 aromatic heterocycles. The summed E-state index contributed by atoms with van der Waals surface area (Å²) in [7, 11) is 0. The van der Waals surface area contributed by atoms with Crippen LogP contribution in [-0.4, -0.2) is 25.5 Å². The number of nitrogens with zero attached hydrogens (tertiary/aromatic N) is 1. The molecule has 106 valence electrons. The van der Waals surface area contributed by atoms with E-state index in [0.717, 1.165) is 44.6 Å². The van der Waals surface area contributed by atoms with Gasteiger partial charge in [0.05, 0.1) is 5.41 Å². The molecule has 3 aliphatic rings. The summed E-state index contributed by atoms with van der Waals surface area (Å²) in [6.45, 7) is 2.72. The molecule has 3 nitrogen and oxygen atoms in total. The van der Waals surface area contributed by atoms with Gasteiger partial charge in [0, 0.05) is 25.3 Å². The van der Waals surface area contributed by atoms with Crippen molar-refractivity contribution < 1.29 is 9.18 Å². The number of carbonyl (C=O) groups is 1. The summed E-state index contributed by atoms with van der Waals surface area (Å²) in [5, 5.41) is 3.12. The first-order chi connectivity index (χ1) is 9.67. The second kappa shape index (κ2) is 4.21. The molecule has 2 saturated carbocycles. The number of nitrogens with one attached hydrogen (secondary N) is 1. The number of rotatable bonds is 4. The summed E-state index contributed by atoms with van der Waals surface area (Å²) < 4.78 is 12.9. The van der Waals surface area contributed by atoms with E-state index in [4.69, 9.17) is 0 Å². The van der Waals surface area contributed by atoms with Crippen molar-refractivity contribution in [1.82, 2.24) is 5.32 Å². The average molecular weight is 274 g/mol. The van der Waals surface area contributed by atoms with Crippen LogP contribution >= 0.6 is 0 Å². The SMILES string of the molecule is O=C(NCC1CCN(c2ccc(F)cc2)C1)C12CC1C2. The van der Waals surface area contributed by atoms with Crippen LogP contribution in [0.2, 0.25) is 0 Å². The van der Waals surface area contributed by atoms with Gasteiger partial charge in [-0.15, -0.1) is 0 Å². The maximum atomic E-state index is 12.9. The highest BCUT2D eigenvalue weighted by Crippen LogP contribution is 2.75. The van der Waals surface area contributed by atoms with Crippen LogP contribution in [0.4, 0.5) is 10.1 Å². The number of benzene rings is 1. The van der Waals surface area contributed by atoms with Crippen LogP contribution in [0.3, 0.4) is 0 Å². The van der Waals surface area contributed by atoms with Gasteiger partial charge in [0.2, 0.25) is 5.91 Å². The zero-order valence-electron chi connectivity index (χ0n) is 11.4. The van der Waals surface area contributed by atoms with Gasteiger partial charge >= 0.3 is 0 Å². The first kappa shape index (κ1) is 12.2. The minimum atomic E-state index is -0.195. The fourth-order valence-electron chi connectivity index (χ4n) is 3.37. The Balaban J connectivity index is 1.29. The third-order valence-corrected chi connectivity index (χ3v) is 5.16. The Bertz CT molecular complexity index is 536. The van der Waals surface area contributed by atoms with E-state index in [1.807, 2.05) is 12.1 Å². The lowest BCUT2D eigenvalue weighted by atomic mass is 10.1. The van der Waals surface area contributed by atoms with E-state index in [9.17, 15) is 9.18 Å². The predicted molar refractivity (Wildman–Crippen MR) is 74.9 cm³/mol. The standard InChI is InChI=1S/C16H19FN2O/c17-13-1-3-14(4-2-13)19-6-5-11(10-19)9-18-15(20)16-7-12(16)8-16/h1-4,11-12H,5-10H2,(H,18,20). The summed E-state index contributed by atoms with van der Waals surface area (Å²) in [6.07, 6.45) is 3.32. The molecule has 1 amide bonds. The first-order valence-corrected chi connectivity index (χ1v) is 7.46. The fourth-order valence-corrected chi connectivity index (χ4v) is 3.37. The topological polar surface area (TPSA) is 32.3 Å². The van der Waals surface area contributed by atoms with Crippen LogP contribution in [0.15, 0.2) is 24.3 Å². The van der Waals surface area contributed by atoms with E-state index in [1.54, 1.807) is 0 Å².